The molecule has 3 aliphatic heterocycles. The molecule has 14 heteroatoms. The molecule has 3 unspecified atom stereocenters. The number of amides is 1. The van der Waals surface area contributed by atoms with Gasteiger partial charge in [0.15, 0.2) is 5.82 Å². The number of ether oxygens (including phenoxy) is 3. The topological polar surface area (TPSA) is 134 Å². The van der Waals surface area contributed by atoms with Gasteiger partial charge >= 0.3 is 6.01 Å². The number of benzene rings is 2. The van der Waals surface area contributed by atoms with Gasteiger partial charge in [-0.25, -0.2) is 13.8 Å². The standard InChI is InChI=1S/C39H46F2N6O6/c1-23(48)47-18-24(19-47)17-45-12-6-11-39(10-5-9-29(39)45)22-53-37-43-34-31(35(44-37)46-13-14-52-21-38(2,50)20-46)36(51-3)42-33(32(34)41)27-16-26(49)15-25-7-4-8-28(40)30(25)27/h4,7-8,15-16,24,29,49-50H,5-6,9-14,17-22H2,1-3H3. The van der Waals surface area contributed by atoms with Crippen molar-refractivity contribution < 1.29 is 38.0 Å². The molecule has 0 bridgehead atoms. The number of phenols is 1. The second-order valence-corrected chi connectivity index (χ2v) is 15.6. The van der Waals surface area contributed by atoms with Crippen LogP contribution in [0.1, 0.15) is 46.0 Å². The third kappa shape index (κ3) is 6.58. The van der Waals surface area contributed by atoms with Gasteiger partial charge in [-0.15, -0.1) is 0 Å². The van der Waals surface area contributed by atoms with Gasteiger partial charge in [-0.1, -0.05) is 18.6 Å². The Hall–Kier alpha value is -4.40. The number of halogens is 2. The molecule has 0 spiro atoms. The predicted octanol–water partition coefficient (Wildman–Crippen LogP) is 4.92. The summed E-state index contributed by atoms with van der Waals surface area (Å²) in [5, 5.41) is 22.4. The number of nitrogens with zero attached hydrogens (tertiary/aromatic N) is 6. The van der Waals surface area contributed by atoms with Crippen molar-refractivity contribution >= 4 is 33.4 Å². The summed E-state index contributed by atoms with van der Waals surface area (Å²) in [5.41, 5.74) is -1.74. The molecule has 4 aromatic rings. The molecule has 1 saturated carbocycles. The summed E-state index contributed by atoms with van der Waals surface area (Å²) in [7, 11) is 1.40. The van der Waals surface area contributed by atoms with Gasteiger partial charge in [-0.2, -0.15) is 9.97 Å². The molecule has 5 heterocycles. The number of carbonyl (C=O) groups excluding carboxylic acids is 1. The van der Waals surface area contributed by atoms with Gasteiger partial charge < -0.3 is 34.2 Å². The maximum atomic E-state index is 17.1. The fourth-order valence-corrected chi connectivity index (χ4v) is 9.17. The van der Waals surface area contributed by atoms with Crippen LogP contribution in [0.15, 0.2) is 30.3 Å². The van der Waals surface area contributed by atoms with Gasteiger partial charge in [0.1, 0.15) is 39.6 Å². The van der Waals surface area contributed by atoms with Crippen molar-refractivity contribution in [2.24, 2.45) is 11.3 Å². The first-order valence-electron chi connectivity index (χ1n) is 18.5. The Morgan fingerprint density at radius 2 is 1.91 bits per heavy atom. The highest BCUT2D eigenvalue weighted by molar-refractivity contribution is 6.02. The van der Waals surface area contributed by atoms with E-state index in [2.05, 4.69) is 14.9 Å². The lowest BCUT2D eigenvalue weighted by Gasteiger charge is -2.49. The average Bonchev–Trinajstić information content (AvgIpc) is 3.46. The first-order valence-corrected chi connectivity index (χ1v) is 18.5. The van der Waals surface area contributed by atoms with E-state index in [1.807, 2.05) is 4.90 Å². The normalized spacial score (nSPS) is 25.4. The van der Waals surface area contributed by atoms with Crippen LogP contribution in [0.5, 0.6) is 17.6 Å². The number of aliphatic hydroxyl groups is 1. The number of fused-ring (bicyclic) bond motifs is 3. The van der Waals surface area contributed by atoms with Gasteiger partial charge in [-0.05, 0) is 62.7 Å². The van der Waals surface area contributed by atoms with Crippen LogP contribution in [-0.4, -0.2) is 119 Å². The lowest BCUT2D eigenvalue weighted by molar-refractivity contribution is -0.136. The number of anilines is 1. The molecule has 0 radical (unpaired) electrons. The van der Waals surface area contributed by atoms with Gasteiger partial charge in [0.05, 0.1) is 33.5 Å². The van der Waals surface area contributed by atoms with Gasteiger partial charge in [0.2, 0.25) is 11.8 Å². The summed E-state index contributed by atoms with van der Waals surface area (Å²) in [4.78, 5) is 32.1. The average molecular weight is 733 g/mol. The van der Waals surface area contributed by atoms with E-state index in [4.69, 9.17) is 19.2 Å². The van der Waals surface area contributed by atoms with E-state index >= 15 is 8.78 Å². The number of aromatic hydroxyl groups is 1. The molecule has 2 aromatic heterocycles. The molecule has 1 amide bonds. The summed E-state index contributed by atoms with van der Waals surface area (Å²) in [5.74, 6) is -0.807. The summed E-state index contributed by atoms with van der Waals surface area (Å²) in [6.45, 7) is 7.99. The summed E-state index contributed by atoms with van der Waals surface area (Å²) in [6.07, 6.45) is 5.10. The minimum Gasteiger partial charge on any atom is -0.508 e. The van der Waals surface area contributed by atoms with E-state index in [9.17, 15) is 15.0 Å². The molecule has 3 atom stereocenters. The third-order valence-electron chi connectivity index (χ3n) is 11.6. The highest BCUT2D eigenvalue weighted by atomic mass is 19.1. The molecule has 2 aromatic carbocycles. The molecule has 3 saturated heterocycles. The molecule has 53 heavy (non-hydrogen) atoms. The van der Waals surface area contributed by atoms with Crippen LogP contribution in [0, 0.1) is 23.0 Å². The van der Waals surface area contributed by atoms with Crippen molar-refractivity contribution in [3.8, 4) is 28.9 Å². The largest absolute Gasteiger partial charge is 0.508 e. The first kappa shape index (κ1) is 35.6. The number of methoxy groups -OCH3 is 1. The van der Waals surface area contributed by atoms with Crippen LogP contribution >= 0.6 is 0 Å². The Balaban J connectivity index is 1.20. The quantitative estimate of drug-likeness (QED) is 0.256. The number of pyridine rings is 1. The smallest absolute Gasteiger partial charge is 0.319 e. The van der Waals surface area contributed by atoms with Crippen molar-refractivity contribution in [3.05, 3.63) is 42.0 Å². The Labute approximate surface area is 306 Å². The van der Waals surface area contributed by atoms with Crippen LogP contribution in [0.4, 0.5) is 14.6 Å². The molecule has 12 nitrogen and oxygen atoms in total. The van der Waals surface area contributed by atoms with Crippen molar-refractivity contribution in [1.82, 2.24) is 24.8 Å². The number of hydrogen-bond acceptors (Lipinski definition) is 11. The van der Waals surface area contributed by atoms with Crippen molar-refractivity contribution in [3.63, 3.8) is 0 Å². The lowest BCUT2D eigenvalue weighted by atomic mass is 9.75. The summed E-state index contributed by atoms with van der Waals surface area (Å²) >= 11 is 0. The SMILES string of the molecule is COc1nc(-c2cc(O)cc3cccc(F)c23)c(F)c2nc(OCC34CCCC3N(CC3CN(C(C)=O)C3)CCC4)nc(N3CCOCC(C)(O)C3)c12. The molecule has 1 aliphatic carbocycles. The fourth-order valence-electron chi connectivity index (χ4n) is 9.17. The van der Waals surface area contributed by atoms with E-state index in [1.54, 1.807) is 24.8 Å². The van der Waals surface area contributed by atoms with E-state index in [0.29, 0.717) is 30.5 Å². The monoisotopic (exact) mass is 732 g/mol. The van der Waals surface area contributed by atoms with Crippen molar-refractivity contribution in [2.45, 2.75) is 57.6 Å². The van der Waals surface area contributed by atoms with E-state index in [0.717, 1.165) is 58.3 Å². The number of likely N-dealkylation sites (tertiary alicyclic amines) is 2. The van der Waals surface area contributed by atoms with Crippen LogP contribution in [-0.2, 0) is 9.53 Å². The lowest BCUT2D eigenvalue weighted by Crippen LogP contribution is -2.58. The first-order chi connectivity index (χ1) is 25.4. The second kappa shape index (κ2) is 13.8. The molecule has 8 rings (SSSR count). The van der Waals surface area contributed by atoms with Crippen molar-refractivity contribution in [1.29, 1.82) is 0 Å². The molecular weight excluding hydrogens is 686 g/mol. The fraction of sp³-hybridized carbons (Fsp3) is 0.538. The molecule has 4 fully saturated rings. The van der Waals surface area contributed by atoms with Crippen LogP contribution in [0.2, 0.25) is 0 Å². The maximum Gasteiger partial charge on any atom is 0.319 e. The van der Waals surface area contributed by atoms with Crippen LogP contribution in [0.3, 0.4) is 0 Å². The molecule has 282 valence electrons. The minimum absolute atomic E-state index is 0.00713. The molecule has 4 aliphatic rings. The Morgan fingerprint density at radius 3 is 2.70 bits per heavy atom. The zero-order chi connectivity index (χ0) is 37.1. The Kier molecular flexibility index (Phi) is 9.26. The number of carbonyl (C=O) groups is 1. The zero-order valence-corrected chi connectivity index (χ0v) is 30.4. The Bertz CT molecular complexity index is 2060. The highest BCUT2D eigenvalue weighted by Gasteiger charge is 2.49. The number of aromatic nitrogens is 3. The predicted molar refractivity (Wildman–Crippen MR) is 194 cm³/mol. The van der Waals surface area contributed by atoms with Crippen LogP contribution < -0.4 is 14.4 Å². The summed E-state index contributed by atoms with van der Waals surface area (Å²) in [6, 6.07) is 7.38. The number of hydrogen-bond donors (Lipinski definition) is 2. The number of piperidine rings is 1. The van der Waals surface area contributed by atoms with E-state index in [1.165, 1.54) is 31.4 Å². The highest BCUT2D eigenvalue weighted by Crippen LogP contribution is 2.49. The minimum atomic E-state index is -1.24. The zero-order valence-electron chi connectivity index (χ0n) is 30.4. The van der Waals surface area contributed by atoms with Crippen LogP contribution in [0.25, 0.3) is 32.9 Å². The second-order valence-electron chi connectivity index (χ2n) is 15.6. The Morgan fingerprint density at radius 1 is 1.09 bits per heavy atom. The molecule has 2 N–H and O–H groups in total. The third-order valence-corrected chi connectivity index (χ3v) is 11.6. The van der Waals surface area contributed by atoms with Gasteiger partial charge in [-0.3, -0.25) is 9.69 Å². The van der Waals surface area contributed by atoms with E-state index in [-0.39, 0.29) is 82.1 Å². The number of phenolic OH excluding ortho intramolecular Hbond substituents is 1. The number of rotatable bonds is 8. The van der Waals surface area contributed by atoms with E-state index < -0.39 is 17.2 Å². The maximum absolute atomic E-state index is 17.1. The summed E-state index contributed by atoms with van der Waals surface area (Å²) < 4.78 is 50.5. The van der Waals surface area contributed by atoms with Crippen molar-refractivity contribution in [2.75, 3.05) is 71.1 Å². The molecular formula is C39H46F2N6O6. The van der Waals surface area contributed by atoms with Gasteiger partial charge in [0, 0.05) is 61.4 Å². The number of β-amino-alcohol motifs (C(OH)–C–C–N with tert-alkyl or cyclic N) is 1. The van der Waals surface area contributed by atoms with Gasteiger partial charge in [0.25, 0.3) is 0 Å².